The molecular weight excluding hydrogens is 336 g/mol. The van der Waals surface area contributed by atoms with E-state index >= 15 is 0 Å². The highest BCUT2D eigenvalue weighted by molar-refractivity contribution is 6.12. The zero-order chi connectivity index (χ0) is 18.3. The van der Waals surface area contributed by atoms with Crippen LogP contribution in [0, 0.1) is 6.92 Å². The van der Waals surface area contributed by atoms with Gasteiger partial charge >= 0.3 is 0 Å². The summed E-state index contributed by atoms with van der Waals surface area (Å²) in [6.07, 6.45) is 3.42. The van der Waals surface area contributed by atoms with Crippen molar-refractivity contribution in [2.45, 2.75) is 6.92 Å². The monoisotopic (exact) mass is 352 g/mol. The topological polar surface area (TPSA) is 106 Å². The number of aromatic amines is 1. The Morgan fingerprint density at radius 3 is 2.77 bits per heavy atom. The lowest BCUT2D eigenvalue weighted by Gasteiger charge is -2.07. The van der Waals surface area contributed by atoms with Crippen LogP contribution >= 0.6 is 0 Å². The fraction of sp³-hybridized carbons (Fsp3) is 0.176. The average molecular weight is 352 g/mol. The second-order valence-corrected chi connectivity index (χ2v) is 5.63. The van der Waals surface area contributed by atoms with Crippen LogP contribution in [-0.4, -0.2) is 44.9 Å². The number of nitrogens with zero attached hydrogens (tertiary/aromatic N) is 4. The molecule has 1 aromatic carbocycles. The van der Waals surface area contributed by atoms with Gasteiger partial charge in [-0.2, -0.15) is 10.2 Å². The number of hydrogen-bond acceptors (Lipinski definition) is 6. The molecule has 0 aliphatic heterocycles. The van der Waals surface area contributed by atoms with Crippen LogP contribution in [0.2, 0.25) is 0 Å². The Balaban J connectivity index is 1.75. The van der Waals surface area contributed by atoms with Gasteiger partial charge in [0.25, 0.3) is 5.91 Å². The van der Waals surface area contributed by atoms with E-state index in [1.807, 2.05) is 0 Å². The van der Waals surface area contributed by atoms with Gasteiger partial charge in [0.2, 0.25) is 0 Å². The number of benzene rings is 1. The molecule has 132 valence electrons. The van der Waals surface area contributed by atoms with Gasteiger partial charge < -0.3 is 14.8 Å². The van der Waals surface area contributed by atoms with Crippen molar-refractivity contribution in [2.24, 2.45) is 0 Å². The molecule has 26 heavy (non-hydrogen) atoms. The zero-order valence-electron chi connectivity index (χ0n) is 14.4. The van der Waals surface area contributed by atoms with E-state index in [1.165, 1.54) is 7.11 Å². The van der Waals surface area contributed by atoms with Gasteiger partial charge in [-0.3, -0.25) is 9.89 Å². The van der Waals surface area contributed by atoms with Gasteiger partial charge in [-0.15, -0.1) is 0 Å². The standard InChI is InChI=1S/C17H16N6O3/c1-9-14(16-18-5-4-6-23(16)22-9)19-17(24)15-10-7-12(25-2)13(26-3)8-11(10)20-21-15/h4-8H,1-3H3,(H,19,24)(H,20,21). The van der Waals surface area contributed by atoms with E-state index < -0.39 is 0 Å². The predicted molar refractivity (Wildman–Crippen MR) is 94.9 cm³/mol. The smallest absolute Gasteiger partial charge is 0.276 e. The van der Waals surface area contributed by atoms with Crippen LogP contribution in [0.3, 0.4) is 0 Å². The number of amides is 1. The molecule has 0 saturated heterocycles. The normalized spacial score (nSPS) is 11.0. The highest BCUT2D eigenvalue weighted by Crippen LogP contribution is 2.33. The number of nitrogens with one attached hydrogen (secondary N) is 2. The van der Waals surface area contributed by atoms with Crippen molar-refractivity contribution in [3.63, 3.8) is 0 Å². The van der Waals surface area contributed by atoms with E-state index in [2.05, 4.69) is 25.6 Å². The molecular formula is C17H16N6O3. The maximum absolute atomic E-state index is 12.8. The van der Waals surface area contributed by atoms with E-state index in [4.69, 9.17) is 9.47 Å². The first-order valence-corrected chi connectivity index (χ1v) is 7.83. The first-order valence-electron chi connectivity index (χ1n) is 7.83. The molecule has 3 aromatic heterocycles. The lowest BCUT2D eigenvalue weighted by atomic mass is 10.1. The molecule has 9 heteroatoms. The van der Waals surface area contributed by atoms with Crippen molar-refractivity contribution >= 4 is 28.1 Å². The summed E-state index contributed by atoms with van der Waals surface area (Å²) in [7, 11) is 3.09. The van der Waals surface area contributed by atoms with E-state index in [0.29, 0.717) is 39.4 Å². The number of hydrogen-bond donors (Lipinski definition) is 2. The Morgan fingerprint density at radius 2 is 2.00 bits per heavy atom. The third-order valence-corrected chi connectivity index (χ3v) is 4.09. The maximum atomic E-state index is 12.8. The second-order valence-electron chi connectivity index (χ2n) is 5.63. The number of rotatable bonds is 4. The number of methoxy groups -OCH3 is 2. The molecule has 0 atom stereocenters. The summed E-state index contributed by atoms with van der Waals surface area (Å²) in [5, 5.41) is 14.8. The summed E-state index contributed by atoms with van der Waals surface area (Å²) in [6, 6.07) is 5.22. The highest BCUT2D eigenvalue weighted by atomic mass is 16.5. The number of carbonyl (C=O) groups excluding carboxylic acids is 1. The molecule has 0 radical (unpaired) electrons. The summed E-state index contributed by atoms with van der Waals surface area (Å²) in [6.45, 7) is 1.81. The summed E-state index contributed by atoms with van der Waals surface area (Å²) >= 11 is 0. The van der Waals surface area contributed by atoms with Crippen LogP contribution in [-0.2, 0) is 0 Å². The molecule has 9 nitrogen and oxygen atoms in total. The van der Waals surface area contributed by atoms with E-state index in [-0.39, 0.29) is 11.6 Å². The van der Waals surface area contributed by atoms with Gasteiger partial charge in [-0.05, 0) is 19.1 Å². The van der Waals surface area contributed by atoms with Crippen molar-refractivity contribution in [1.82, 2.24) is 24.8 Å². The fourth-order valence-corrected chi connectivity index (χ4v) is 2.83. The number of carbonyl (C=O) groups is 1. The fourth-order valence-electron chi connectivity index (χ4n) is 2.83. The Bertz CT molecular complexity index is 1130. The van der Waals surface area contributed by atoms with Gasteiger partial charge in [0.1, 0.15) is 5.69 Å². The summed E-state index contributed by atoms with van der Waals surface area (Å²) in [4.78, 5) is 17.1. The van der Waals surface area contributed by atoms with Crippen molar-refractivity contribution in [3.05, 3.63) is 42.0 Å². The number of aryl methyl sites for hydroxylation is 1. The van der Waals surface area contributed by atoms with E-state index in [9.17, 15) is 4.79 Å². The molecule has 0 saturated carbocycles. The van der Waals surface area contributed by atoms with Gasteiger partial charge in [-0.25, -0.2) is 9.50 Å². The largest absolute Gasteiger partial charge is 0.493 e. The summed E-state index contributed by atoms with van der Waals surface area (Å²) in [5.41, 5.74) is 2.69. The first kappa shape index (κ1) is 15.9. The molecule has 1 amide bonds. The minimum absolute atomic E-state index is 0.246. The Hall–Kier alpha value is -3.62. The molecule has 0 unspecified atom stereocenters. The van der Waals surface area contributed by atoms with Crippen molar-refractivity contribution < 1.29 is 14.3 Å². The number of ether oxygens (including phenoxy) is 2. The zero-order valence-corrected chi connectivity index (χ0v) is 14.4. The third kappa shape index (κ3) is 2.41. The van der Waals surface area contributed by atoms with Gasteiger partial charge in [0, 0.05) is 23.8 Å². The van der Waals surface area contributed by atoms with Crippen LogP contribution in [0.5, 0.6) is 11.5 Å². The van der Waals surface area contributed by atoms with Crippen molar-refractivity contribution in [2.75, 3.05) is 19.5 Å². The molecule has 0 aliphatic carbocycles. The van der Waals surface area contributed by atoms with E-state index in [1.54, 1.807) is 49.1 Å². The second kappa shape index (κ2) is 6.03. The molecule has 0 spiro atoms. The van der Waals surface area contributed by atoms with Gasteiger partial charge in [0.05, 0.1) is 25.4 Å². The molecule has 0 bridgehead atoms. The summed E-state index contributed by atoms with van der Waals surface area (Å²) < 4.78 is 12.2. The summed E-state index contributed by atoms with van der Waals surface area (Å²) in [5.74, 6) is 0.703. The average Bonchev–Trinajstić information content (AvgIpc) is 3.21. The lowest BCUT2D eigenvalue weighted by molar-refractivity contribution is 0.102. The van der Waals surface area contributed by atoms with Crippen LogP contribution < -0.4 is 14.8 Å². The number of fused-ring (bicyclic) bond motifs is 2. The molecule has 0 fully saturated rings. The molecule has 4 rings (SSSR count). The quantitative estimate of drug-likeness (QED) is 0.583. The SMILES string of the molecule is COc1cc2[nH]nc(C(=O)Nc3c(C)nn4cccnc34)c2cc1OC. The molecule has 3 heterocycles. The maximum Gasteiger partial charge on any atom is 0.276 e. The molecule has 4 aromatic rings. The van der Waals surface area contributed by atoms with Crippen molar-refractivity contribution in [3.8, 4) is 11.5 Å². The number of H-pyrrole nitrogens is 1. The van der Waals surface area contributed by atoms with E-state index in [0.717, 1.165) is 0 Å². The first-order chi connectivity index (χ1) is 12.6. The minimum Gasteiger partial charge on any atom is -0.493 e. The Morgan fingerprint density at radius 1 is 1.23 bits per heavy atom. The van der Waals surface area contributed by atoms with Crippen LogP contribution in [0.1, 0.15) is 16.2 Å². The number of anilines is 1. The van der Waals surface area contributed by atoms with Crippen LogP contribution in [0.25, 0.3) is 16.6 Å². The van der Waals surface area contributed by atoms with Gasteiger partial charge in [0.15, 0.2) is 22.8 Å². The lowest BCUT2D eigenvalue weighted by Crippen LogP contribution is -2.13. The highest BCUT2D eigenvalue weighted by Gasteiger charge is 2.20. The van der Waals surface area contributed by atoms with Crippen LogP contribution in [0.15, 0.2) is 30.6 Å². The van der Waals surface area contributed by atoms with Gasteiger partial charge in [-0.1, -0.05) is 0 Å². The third-order valence-electron chi connectivity index (χ3n) is 4.09. The predicted octanol–water partition coefficient (Wildman–Crippen LogP) is 2.18. The Labute approximate surface area is 147 Å². The minimum atomic E-state index is -0.368. The number of aromatic nitrogens is 5. The Kier molecular flexibility index (Phi) is 3.68. The van der Waals surface area contributed by atoms with Crippen LogP contribution in [0.4, 0.5) is 5.69 Å². The van der Waals surface area contributed by atoms with Crippen molar-refractivity contribution in [1.29, 1.82) is 0 Å². The molecule has 0 aliphatic rings. The molecule has 2 N–H and O–H groups in total.